The van der Waals surface area contributed by atoms with Crippen LogP contribution in [-0.2, 0) is 6.54 Å². The van der Waals surface area contributed by atoms with Crippen LogP contribution in [0.1, 0.15) is 15.9 Å². The predicted molar refractivity (Wildman–Crippen MR) is 79.9 cm³/mol. The Morgan fingerprint density at radius 1 is 1.06 bits per heavy atom. The molecule has 0 aliphatic rings. The van der Waals surface area contributed by atoms with Crippen molar-refractivity contribution in [3.8, 4) is 0 Å². The molecule has 0 saturated carbocycles. The Bertz CT molecular complexity index is 535. The minimum Gasteiger partial charge on any atom is -0.478 e. The van der Waals surface area contributed by atoms with Crippen molar-refractivity contribution >= 4 is 34.2 Å². The molecule has 4 heteroatoms. The second-order valence-electron chi connectivity index (χ2n) is 3.86. The molecule has 2 aromatic carbocycles. The van der Waals surface area contributed by atoms with Crippen LogP contribution in [0.2, 0.25) is 0 Å². The molecule has 2 N–H and O–H groups in total. The van der Waals surface area contributed by atoms with E-state index in [0.29, 0.717) is 12.1 Å². The van der Waals surface area contributed by atoms with Gasteiger partial charge in [0, 0.05) is 15.8 Å². The van der Waals surface area contributed by atoms with Gasteiger partial charge in [0.25, 0.3) is 0 Å². The van der Waals surface area contributed by atoms with Crippen molar-refractivity contribution in [1.82, 2.24) is 0 Å². The number of hydrogen-bond donors (Lipinski definition) is 2. The van der Waals surface area contributed by atoms with Crippen molar-refractivity contribution in [2.45, 2.75) is 6.54 Å². The Kier molecular flexibility index (Phi) is 4.19. The zero-order chi connectivity index (χ0) is 13.0. The molecular formula is C14H12INO2. The van der Waals surface area contributed by atoms with Gasteiger partial charge in [-0.15, -0.1) is 0 Å². The Morgan fingerprint density at radius 3 is 2.22 bits per heavy atom. The number of hydrogen-bond acceptors (Lipinski definition) is 2. The van der Waals surface area contributed by atoms with E-state index in [2.05, 4.69) is 27.9 Å². The summed E-state index contributed by atoms with van der Waals surface area (Å²) >= 11 is 2.26. The fraction of sp³-hybridized carbons (Fsp3) is 0.0714. The number of nitrogens with one attached hydrogen (secondary N) is 1. The van der Waals surface area contributed by atoms with Crippen LogP contribution in [0, 0.1) is 3.57 Å². The predicted octanol–water partition coefficient (Wildman–Crippen LogP) is 3.60. The van der Waals surface area contributed by atoms with E-state index in [1.54, 1.807) is 12.1 Å². The maximum Gasteiger partial charge on any atom is 0.335 e. The summed E-state index contributed by atoms with van der Waals surface area (Å²) in [5.74, 6) is -0.896. The largest absolute Gasteiger partial charge is 0.478 e. The first-order chi connectivity index (χ1) is 8.65. The van der Waals surface area contributed by atoms with Gasteiger partial charge >= 0.3 is 5.97 Å². The summed E-state index contributed by atoms with van der Waals surface area (Å²) in [6, 6.07) is 15.0. The summed E-state index contributed by atoms with van der Waals surface area (Å²) in [7, 11) is 0. The van der Waals surface area contributed by atoms with E-state index in [0.717, 1.165) is 11.3 Å². The number of carboxylic acid groups (broad SMARTS) is 1. The first-order valence-electron chi connectivity index (χ1n) is 5.47. The van der Waals surface area contributed by atoms with Crippen molar-refractivity contribution in [1.29, 1.82) is 0 Å². The molecule has 18 heavy (non-hydrogen) atoms. The van der Waals surface area contributed by atoms with Crippen LogP contribution >= 0.6 is 22.6 Å². The first kappa shape index (κ1) is 12.9. The molecule has 0 aliphatic carbocycles. The molecule has 0 unspecified atom stereocenters. The normalized spacial score (nSPS) is 10.1. The second kappa shape index (κ2) is 5.86. The molecule has 0 heterocycles. The molecule has 2 rings (SSSR count). The van der Waals surface area contributed by atoms with Crippen LogP contribution in [0.5, 0.6) is 0 Å². The van der Waals surface area contributed by atoms with Gasteiger partial charge < -0.3 is 10.4 Å². The second-order valence-corrected chi connectivity index (χ2v) is 5.11. The number of anilines is 1. The molecule has 0 aliphatic heterocycles. The molecule has 3 nitrogen and oxygen atoms in total. The average Bonchev–Trinajstić information content (AvgIpc) is 2.38. The topological polar surface area (TPSA) is 49.3 Å². The minimum atomic E-state index is -0.896. The summed E-state index contributed by atoms with van der Waals surface area (Å²) in [4.78, 5) is 10.7. The number of rotatable bonds is 4. The van der Waals surface area contributed by atoms with E-state index in [1.165, 1.54) is 3.57 Å². The maximum atomic E-state index is 10.7. The van der Waals surface area contributed by atoms with Gasteiger partial charge in [0.2, 0.25) is 0 Å². The summed E-state index contributed by atoms with van der Waals surface area (Å²) in [5.41, 5.74) is 2.42. The lowest BCUT2D eigenvalue weighted by Gasteiger charge is -2.06. The van der Waals surface area contributed by atoms with Crippen molar-refractivity contribution in [2.24, 2.45) is 0 Å². The highest BCUT2D eigenvalue weighted by atomic mass is 127. The molecule has 0 radical (unpaired) electrons. The van der Waals surface area contributed by atoms with Gasteiger partial charge in [-0.3, -0.25) is 0 Å². The van der Waals surface area contributed by atoms with Crippen LogP contribution < -0.4 is 5.32 Å². The van der Waals surface area contributed by atoms with Crippen LogP contribution in [0.3, 0.4) is 0 Å². The highest BCUT2D eigenvalue weighted by molar-refractivity contribution is 14.1. The molecule has 0 amide bonds. The standard InChI is InChI=1S/C14H12INO2/c15-12-5-7-13(8-6-12)16-9-10-1-3-11(4-2-10)14(17)18/h1-8,16H,9H2,(H,17,18). The third-order valence-corrected chi connectivity index (χ3v) is 3.26. The lowest BCUT2D eigenvalue weighted by molar-refractivity contribution is 0.0697. The SMILES string of the molecule is O=C(O)c1ccc(CNc2ccc(I)cc2)cc1. The monoisotopic (exact) mass is 353 g/mol. The van der Waals surface area contributed by atoms with Gasteiger partial charge in [-0.05, 0) is 64.6 Å². The summed E-state index contributed by atoms with van der Waals surface area (Å²) < 4.78 is 1.20. The third-order valence-electron chi connectivity index (χ3n) is 2.54. The molecule has 0 spiro atoms. The molecule has 92 valence electrons. The van der Waals surface area contributed by atoms with E-state index < -0.39 is 5.97 Å². The Labute approximate surface area is 119 Å². The number of carbonyl (C=O) groups is 1. The van der Waals surface area contributed by atoms with Gasteiger partial charge in [0.05, 0.1) is 5.56 Å². The Hall–Kier alpha value is -1.56. The molecule has 2 aromatic rings. The lowest BCUT2D eigenvalue weighted by atomic mass is 10.1. The average molecular weight is 353 g/mol. The fourth-order valence-corrected chi connectivity index (χ4v) is 1.90. The first-order valence-corrected chi connectivity index (χ1v) is 6.55. The maximum absolute atomic E-state index is 10.7. The number of aromatic carboxylic acids is 1. The summed E-state index contributed by atoms with van der Waals surface area (Å²) in [6.45, 7) is 0.681. The fourth-order valence-electron chi connectivity index (χ4n) is 1.54. The Balaban J connectivity index is 1.97. The number of carboxylic acids is 1. The van der Waals surface area contributed by atoms with Crippen LogP contribution in [0.25, 0.3) is 0 Å². The van der Waals surface area contributed by atoms with Crippen LogP contribution in [0.15, 0.2) is 48.5 Å². The van der Waals surface area contributed by atoms with Crippen LogP contribution in [-0.4, -0.2) is 11.1 Å². The number of halogens is 1. The zero-order valence-electron chi connectivity index (χ0n) is 9.56. The highest BCUT2D eigenvalue weighted by Crippen LogP contribution is 2.13. The molecule has 0 saturated heterocycles. The van der Waals surface area contributed by atoms with Crippen molar-refractivity contribution in [2.75, 3.05) is 5.32 Å². The van der Waals surface area contributed by atoms with E-state index in [-0.39, 0.29) is 0 Å². The van der Waals surface area contributed by atoms with E-state index in [4.69, 9.17) is 5.11 Å². The molecule has 0 atom stereocenters. The van der Waals surface area contributed by atoms with Crippen molar-refractivity contribution in [3.05, 3.63) is 63.2 Å². The smallest absolute Gasteiger partial charge is 0.335 e. The molecular weight excluding hydrogens is 341 g/mol. The zero-order valence-corrected chi connectivity index (χ0v) is 11.7. The summed E-state index contributed by atoms with van der Waals surface area (Å²) in [6.07, 6.45) is 0. The summed E-state index contributed by atoms with van der Waals surface area (Å²) in [5, 5.41) is 12.1. The van der Waals surface area contributed by atoms with Gasteiger partial charge in [0.15, 0.2) is 0 Å². The van der Waals surface area contributed by atoms with Crippen LogP contribution in [0.4, 0.5) is 5.69 Å². The molecule has 0 bridgehead atoms. The van der Waals surface area contributed by atoms with Gasteiger partial charge in [0.1, 0.15) is 0 Å². The van der Waals surface area contributed by atoms with E-state index in [1.807, 2.05) is 36.4 Å². The van der Waals surface area contributed by atoms with Gasteiger partial charge in [-0.1, -0.05) is 12.1 Å². The van der Waals surface area contributed by atoms with E-state index in [9.17, 15) is 4.79 Å². The minimum absolute atomic E-state index is 0.313. The van der Waals surface area contributed by atoms with Crippen molar-refractivity contribution in [3.63, 3.8) is 0 Å². The van der Waals surface area contributed by atoms with Crippen molar-refractivity contribution < 1.29 is 9.90 Å². The number of benzene rings is 2. The Morgan fingerprint density at radius 2 is 1.67 bits per heavy atom. The molecule has 0 fully saturated rings. The van der Waals surface area contributed by atoms with Gasteiger partial charge in [-0.2, -0.15) is 0 Å². The third kappa shape index (κ3) is 3.46. The van der Waals surface area contributed by atoms with E-state index >= 15 is 0 Å². The quantitative estimate of drug-likeness (QED) is 0.826. The highest BCUT2D eigenvalue weighted by Gasteiger charge is 2.01. The molecule has 0 aromatic heterocycles. The lowest BCUT2D eigenvalue weighted by Crippen LogP contribution is -2.01. The van der Waals surface area contributed by atoms with Gasteiger partial charge in [-0.25, -0.2) is 4.79 Å².